The second-order valence-electron chi connectivity index (χ2n) is 14.4. The molecule has 2 aromatic rings. The predicted molar refractivity (Wildman–Crippen MR) is 181 cm³/mol. The van der Waals surface area contributed by atoms with Crippen LogP contribution < -0.4 is 16.4 Å². The lowest BCUT2D eigenvalue weighted by atomic mass is 9.83. The third kappa shape index (κ3) is 7.51. The zero-order chi connectivity index (χ0) is 36.9. The summed E-state index contributed by atoms with van der Waals surface area (Å²) in [5.74, 6) is 0.00421. The molecule has 52 heavy (non-hydrogen) atoms. The van der Waals surface area contributed by atoms with Crippen LogP contribution in [0, 0.1) is 5.92 Å². The van der Waals surface area contributed by atoms with E-state index in [0.717, 1.165) is 43.0 Å². The minimum Gasteiger partial charge on any atom is -0.398 e. The molecule has 6 aliphatic heterocycles. The largest absolute Gasteiger partial charge is 0.418 e. The van der Waals surface area contributed by atoms with Gasteiger partial charge >= 0.3 is 24.4 Å². The van der Waals surface area contributed by atoms with Crippen LogP contribution in [0.5, 0.6) is 0 Å². The van der Waals surface area contributed by atoms with Crippen molar-refractivity contribution in [3.05, 3.63) is 45.1 Å². The molecule has 5 amide bonds. The Labute approximate surface area is 301 Å². The minimum atomic E-state index is -5.19. The Kier molecular flexibility index (Phi) is 10.0. The molecule has 18 heteroatoms. The summed E-state index contributed by atoms with van der Waals surface area (Å²) in [4.78, 5) is 51.1. The molecule has 0 saturated carbocycles. The number of carbonyl (C=O) groups is 3. The Bertz CT molecular complexity index is 1630. The highest BCUT2D eigenvalue weighted by molar-refractivity contribution is 7.10. The van der Waals surface area contributed by atoms with Crippen molar-refractivity contribution < 1.29 is 40.7 Å². The summed E-state index contributed by atoms with van der Waals surface area (Å²) >= 11 is 1.53. The maximum atomic E-state index is 14.1. The lowest BCUT2D eigenvalue weighted by Gasteiger charge is -2.51. The number of anilines is 2. The van der Waals surface area contributed by atoms with Gasteiger partial charge in [-0.3, -0.25) is 9.69 Å². The summed E-state index contributed by atoms with van der Waals surface area (Å²) in [6, 6.07) is 0.786. The van der Waals surface area contributed by atoms with Crippen LogP contribution in [0.25, 0.3) is 0 Å². The number of amides is 5. The van der Waals surface area contributed by atoms with E-state index in [9.17, 15) is 40.7 Å². The van der Waals surface area contributed by atoms with Gasteiger partial charge in [-0.2, -0.15) is 26.3 Å². The number of halogens is 6. The molecule has 6 aliphatic rings. The van der Waals surface area contributed by atoms with E-state index < -0.39 is 59.1 Å². The number of urea groups is 2. The van der Waals surface area contributed by atoms with E-state index in [-0.39, 0.29) is 25.2 Å². The molecule has 0 radical (unpaired) electrons. The number of thiophene rings is 1. The molecule has 4 N–H and O–H groups in total. The van der Waals surface area contributed by atoms with Crippen LogP contribution in [0.1, 0.15) is 47.3 Å². The Morgan fingerprint density at radius 2 is 1.54 bits per heavy atom. The zero-order valence-electron chi connectivity index (χ0n) is 28.4. The van der Waals surface area contributed by atoms with Crippen molar-refractivity contribution in [1.82, 2.24) is 29.8 Å². The van der Waals surface area contributed by atoms with Crippen molar-refractivity contribution in [1.29, 1.82) is 0 Å². The van der Waals surface area contributed by atoms with Crippen LogP contribution in [-0.2, 0) is 30.1 Å². The monoisotopic (exact) mass is 756 g/mol. The number of rotatable bonds is 6. The van der Waals surface area contributed by atoms with E-state index in [1.165, 1.54) is 21.1 Å². The van der Waals surface area contributed by atoms with E-state index in [1.807, 2.05) is 11.4 Å². The van der Waals surface area contributed by atoms with E-state index >= 15 is 0 Å². The molecule has 7 heterocycles. The molecule has 1 aromatic heterocycles. The smallest absolute Gasteiger partial charge is 0.398 e. The highest BCUT2D eigenvalue weighted by Crippen LogP contribution is 2.42. The molecule has 284 valence electrons. The van der Waals surface area contributed by atoms with Gasteiger partial charge in [0, 0.05) is 69.2 Å². The predicted octanol–water partition coefficient (Wildman–Crippen LogP) is 4.74. The van der Waals surface area contributed by atoms with Gasteiger partial charge in [0.05, 0.1) is 29.0 Å². The van der Waals surface area contributed by atoms with Crippen molar-refractivity contribution in [3.63, 3.8) is 0 Å². The molecule has 0 aliphatic carbocycles. The number of likely N-dealkylation sites (tertiary alicyclic amines) is 1. The number of piperazine rings is 1. The van der Waals surface area contributed by atoms with E-state index in [1.54, 1.807) is 4.90 Å². The van der Waals surface area contributed by atoms with E-state index in [0.29, 0.717) is 69.7 Å². The molecule has 2 atom stereocenters. The number of nitrogen functional groups attached to an aromatic ring is 1. The van der Waals surface area contributed by atoms with Crippen LogP contribution in [0.15, 0.2) is 23.6 Å². The van der Waals surface area contributed by atoms with Crippen molar-refractivity contribution >= 4 is 40.7 Å². The molecule has 11 nitrogen and oxygen atoms in total. The van der Waals surface area contributed by atoms with Crippen LogP contribution >= 0.6 is 11.3 Å². The van der Waals surface area contributed by atoms with Gasteiger partial charge in [-0.25, -0.2) is 9.59 Å². The average Bonchev–Trinajstić information content (AvgIpc) is 3.58. The Morgan fingerprint density at radius 1 is 0.904 bits per heavy atom. The standard InChI is InChI=1S/C34H42F6N8O3S/c35-33(36,37)23-15-20(16-24(29(23)41)34(38,39)40)17-26(30(49)46-12-10-45(11-13-46)27-18-44-6-1-21(27)2-7-44)43-31(50)47-8-3-22(4-9-47)48-19-28-25(5-14-52-28)42-32(48)51/h5,14-16,21-22,26-27H,1-4,6-13,17-19,41H2,(H,42,51)(H,43,50)/t26-,27?/m1/s1. The average molecular weight is 757 g/mol. The van der Waals surface area contributed by atoms with Crippen molar-refractivity contribution in [2.24, 2.45) is 5.92 Å². The molecule has 1 unspecified atom stereocenters. The maximum Gasteiger partial charge on any atom is 0.418 e. The number of carbonyl (C=O) groups excluding carboxylic acids is 3. The van der Waals surface area contributed by atoms with Crippen molar-refractivity contribution in [3.8, 4) is 0 Å². The van der Waals surface area contributed by atoms with Crippen molar-refractivity contribution in [2.45, 2.75) is 69.1 Å². The molecular weight excluding hydrogens is 714 g/mol. The molecule has 0 spiro atoms. The van der Waals surface area contributed by atoms with E-state index in [2.05, 4.69) is 20.4 Å². The molecule has 8 rings (SSSR count). The quantitative estimate of drug-likeness (QED) is 0.290. The van der Waals surface area contributed by atoms with Crippen LogP contribution in [0.2, 0.25) is 0 Å². The number of benzene rings is 1. The number of hydrogen-bond donors (Lipinski definition) is 3. The Balaban J connectivity index is 1.06. The van der Waals surface area contributed by atoms with Gasteiger partial charge in [-0.05, 0) is 73.8 Å². The third-order valence-corrected chi connectivity index (χ3v) is 12.3. The summed E-state index contributed by atoms with van der Waals surface area (Å²) in [6.07, 6.45) is -7.84. The third-order valence-electron chi connectivity index (χ3n) is 11.4. The fourth-order valence-corrected chi connectivity index (χ4v) is 9.31. The van der Waals surface area contributed by atoms with Gasteiger partial charge in [0.2, 0.25) is 5.91 Å². The second kappa shape index (κ2) is 14.2. The summed E-state index contributed by atoms with van der Waals surface area (Å²) in [6.45, 7) is 5.81. The number of fused-ring (bicyclic) bond motifs is 4. The minimum absolute atomic E-state index is 0.152. The van der Waals surface area contributed by atoms with Gasteiger partial charge in [0.25, 0.3) is 0 Å². The molecule has 5 saturated heterocycles. The van der Waals surface area contributed by atoms with Crippen LogP contribution in [-0.4, -0.2) is 119 Å². The summed E-state index contributed by atoms with van der Waals surface area (Å²) in [5, 5.41) is 7.44. The summed E-state index contributed by atoms with van der Waals surface area (Å²) < 4.78 is 83.4. The second-order valence-corrected chi connectivity index (χ2v) is 15.4. The van der Waals surface area contributed by atoms with Crippen molar-refractivity contribution in [2.75, 3.05) is 70.0 Å². The first-order valence-electron chi connectivity index (χ1n) is 17.7. The maximum absolute atomic E-state index is 14.1. The summed E-state index contributed by atoms with van der Waals surface area (Å²) in [5.41, 5.74) is 0.974. The highest BCUT2D eigenvalue weighted by Gasteiger charge is 2.43. The van der Waals surface area contributed by atoms with Gasteiger partial charge < -0.3 is 36.0 Å². The first-order valence-corrected chi connectivity index (χ1v) is 18.5. The normalized spacial score (nSPS) is 25.2. The molecule has 2 bridgehead atoms. The molecular formula is C34H42F6N8O3S. The highest BCUT2D eigenvalue weighted by atomic mass is 32.1. The lowest BCUT2D eigenvalue weighted by Crippen LogP contribution is -2.63. The van der Waals surface area contributed by atoms with Crippen LogP contribution in [0.3, 0.4) is 0 Å². The summed E-state index contributed by atoms with van der Waals surface area (Å²) in [7, 11) is 0. The number of hydrogen-bond acceptors (Lipinski definition) is 7. The topological polar surface area (TPSA) is 117 Å². The Morgan fingerprint density at radius 3 is 2.12 bits per heavy atom. The van der Waals surface area contributed by atoms with Crippen LogP contribution in [0.4, 0.5) is 47.3 Å². The SMILES string of the molecule is Nc1c(C(F)(F)F)cc(C[C@@H](NC(=O)N2CCC(N3Cc4sccc4NC3=O)CC2)C(=O)N2CCN(C3CN4CCC3CC4)CC2)cc1C(F)(F)F. The molecule has 1 aromatic carbocycles. The van der Waals surface area contributed by atoms with Gasteiger partial charge in [-0.1, -0.05) is 0 Å². The number of nitrogens with two attached hydrogens (primary N) is 1. The van der Waals surface area contributed by atoms with E-state index in [4.69, 9.17) is 5.73 Å². The number of piperidine rings is 4. The van der Waals surface area contributed by atoms with Gasteiger partial charge in [0.1, 0.15) is 6.04 Å². The fourth-order valence-electron chi connectivity index (χ4n) is 8.48. The fraction of sp³-hybridized carbons (Fsp3) is 0.618. The zero-order valence-corrected chi connectivity index (χ0v) is 29.3. The first-order chi connectivity index (χ1) is 24.7. The number of nitrogens with one attached hydrogen (secondary N) is 2. The van der Waals surface area contributed by atoms with Gasteiger partial charge in [-0.15, -0.1) is 11.3 Å². The Hall–Kier alpha value is -3.77. The number of nitrogens with zero attached hydrogens (tertiary/aromatic N) is 5. The number of alkyl halides is 6. The molecule has 5 fully saturated rings. The van der Waals surface area contributed by atoms with Gasteiger partial charge in [0.15, 0.2) is 0 Å². The lowest BCUT2D eigenvalue weighted by molar-refractivity contribution is -0.141. The first kappa shape index (κ1) is 36.6.